The summed E-state index contributed by atoms with van der Waals surface area (Å²) in [5.41, 5.74) is 18.6. The fraction of sp³-hybridized carbons (Fsp3) is 0.0385. The van der Waals surface area contributed by atoms with Gasteiger partial charge in [0.2, 0.25) is 0 Å². The summed E-state index contributed by atoms with van der Waals surface area (Å²) in [4.78, 5) is 2.48. The van der Waals surface area contributed by atoms with Crippen LogP contribution in [0, 0.1) is 13.8 Å². The van der Waals surface area contributed by atoms with Crippen LogP contribution in [-0.2, 0) is 0 Å². The average Bonchev–Trinajstić information content (AvgIpc) is 3.21. The maximum absolute atomic E-state index is 2.48. The SMILES string of the molecule is Cc1cccc(C)c1N(c1ccc2cc3c(cc2c1)-c1cc2ccc(-c4ccccc4)cc2cc1-3)c1ccc(-c2ccccc2)cc1-c1ccccc1. The molecule has 53 heavy (non-hydrogen) atoms. The first kappa shape index (κ1) is 31.1. The molecule has 0 atom stereocenters. The number of para-hydroxylation sites is 1. The molecule has 0 bridgehead atoms. The molecule has 0 unspecified atom stereocenters. The van der Waals surface area contributed by atoms with E-state index in [-0.39, 0.29) is 0 Å². The fourth-order valence-corrected chi connectivity index (χ4v) is 8.30. The van der Waals surface area contributed by atoms with E-state index in [1.165, 1.54) is 94.0 Å². The lowest BCUT2D eigenvalue weighted by Gasteiger charge is -2.31. The topological polar surface area (TPSA) is 3.24 Å². The molecule has 9 aromatic rings. The predicted octanol–water partition coefficient (Wildman–Crippen LogP) is 14.7. The third-order valence-electron chi connectivity index (χ3n) is 11.0. The Morgan fingerprint density at radius 1 is 0.302 bits per heavy atom. The zero-order chi connectivity index (χ0) is 35.5. The van der Waals surface area contributed by atoms with Gasteiger partial charge in [0, 0.05) is 11.3 Å². The van der Waals surface area contributed by atoms with Crippen molar-refractivity contribution in [1.29, 1.82) is 0 Å². The first-order valence-corrected chi connectivity index (χ1v) is 18.4. The van der Waals surface area contributed by atoms with Crippen LogP contribution in [0.4, 0.5) is 17.1 Å². The van der Waals surface area contributed by atoms with Crippen LogP contribution >= 0.6 is 0 Å². The van der Waals surface area contributed by atoms with Crippen LogP contribution in [0.2, 0.25) is 0 Å². The van der Waals surface area contributed by atoms with Crippen molar-refractivity contribution < 1.29 is 0 Å². The monoisotopic (exact) mass is 675 g/mol. The summed E-state index contributed by atoms with van der Waals surface area (Å²) in [6.07, 6.45) is 0. The van der Waals surface area contributed by atoms with Crippen LogP contribution in [0.25, 0.3) is 77.2 Å². The molecule has 0 fully saturated rings. The average molecular weight is 676 g/mol. The highest BCUT2D eigenvalue weighted by atomic mass is 15.1. The highest BCUT2D eigenvalue weighted by Gasteiger charge is 2.25. The molecule has 0 saturated carbocycles. The summed E-state index contributed by atoms with van der Waals surface area (Å²) in [6.45, 7) is 4.45. The standard InChI is InChI=1S/C52H37N/c1-34-13-12-14-35(2)52(34)53(51-26-24-40(37-17-8-4-9-18-37)29-46(51)38-19-10-5-11-20-38)45-25-23-42-31-48-49-32-43-27-39(36-15-6-3-7-16-36)21-22-41(43)30-47(49)50(48)33-44(42)28-45/h3-33H,1-2H3. The van der Waals surface area contributed by atoms with E-state index < -0.39 is 0 Å². The van der Waals surface area contributed by atoms with Gasteiger partial charge in [0.1, 0.15) is 0 Å². The third-order valence-corrected chi connectivity index (χ3v) is 11.0. The first-order chi connectivity index (χ1) is 26.1. The fourth-order valence-electron chi connectivity index (χ4n) is 8.30. The van der Waals surface area contributed by atoms with Gasteiger partial charge in [-0.05, 0) is 151 Å². The van der Waals surface area contributed by atoms with Crippen molar-refractivity contribution in [3.63, 3.8) is 0 Å². The lowest BCUT2D eigenvalue weighted by molar-refractivity contribution is 1.22. The molecular weight excluding hydrogens is 639 g/mol. The van der Waals surface area contributed by atoms with Crippen LogP contribution in [0.5, 0.6) is 0 Å². The normalized spacial score (nSPS) is 11.6. The molecular formula is C52H37N. The van der Waals surface area contributed by atoms with E-state index >= 15 is 0 Å². The van der Waals surface area contributed by atoms with Crippen LogP contribution in [0.3, 0.4) is 0 Å². The summed E-state index contributed by atoms with van der Waals surface area (Å²) in [5, 5.41) is 5.05. The largest absolute Gasteiger partial charge is 0.309 e. The Morgan fingerprint density at radius 3 is 1.36 bits per heavy atom. The van der Waals surface area contributed by atoms with Gasteiger partial charge in [-0.15, -0.1) is 0 Å². The van der Waals surface area contributed by atoms with Crippen molar-refractivity contribution in [1.82, 2.24) is 0 Å². The number of hydrogen-bond acceptors (Lipinski definition) is 1. The summed E-state index contributed by atoms with van der Waals surface area (Å²) >= 11 is 0. The number of nitrogens with zero attached hydrogens (tertiary/aromatic N) is 1. The molecule has 0 saturated heterocycles. The van der Waals surface area contributed by atoms with Crippen molar-refractivity contribution in [2.45, 2.75) is 13.8 Å². The van der Waals surface area contributed by atoms with Crippen LogP contribution in [-0.4, -0.2) is 0 Å². The summed E-state index contributed by atoms with van der Waals surface area (Å²) in [5.74, 6) is 0. The van der Waals surface area contributed by atoms with Crippen LogP contribution < -0.4 is 4.90 Å². The second kappa shape index (κ2) is 12.5. The highest BCUT2D eigenvalue weighted by molar-refractivity contribution is 6.12. The highest BCUT2D eigenvalue weighted by Crippen LogP contribution is 2.52. The molecule has 0 N–H and O–H groups in total. The first-order valence-electron chi connectivity index (χ1n) is 18.4. The van der Waals surface area contributed by atoms with Crippen molar-refractivity contribution >= 4 is 38.6 Å². The molecule has 1 heteroatoms. The number of fused-ring (bicyclic) bond motifs is 6. The summed E-state index contributed by atoms with van der Waals surface area (Å²) in [6, 6.07) is 69.1. The Morgan fingerprint density at radius 2 is 0.774 bits per heavy atom. The number of hydrogen-bond donors (Lipinski definition) is 0. The van der Waals surface area contributed by atoms with Crippen molar-refractivity contribution in [2.24, 2.45) is 0 Å². The molecule has 0 amide bonds. The van der Waals surface area contributed by atoms with Crippen molar-refractivity contribution in [2.75, 3.05) is 4.90 Å². The Kier molecular flexibility index (Phi) is 7.33. The number of anilines is 3. The molecule has 9 aromatic carbocycles. The third kappa shape index (κ3) is 5.32. The molecule has 0 radical (unpaired) electrons. The van der Waals surface area contributed by atoms with Gasteiger partial charge in [-0.3, -0.25) is 0 Å². The quantitative estimate of drug-likeness (QED) is 0.170. The zero-order valence-corrected chi connectivity index (χ0v) is 29.8. The minimum atomic E-state index is 1.14. The maximum Gasteiger partial charge on any atom is 0.0540 e. The molecule has 250 valence electrons. The van der Waals surface area contributed by atoms with E-state index in [0.29, 0.717) is 0 Å². The van der Waals surface area contributed by atoms with Crippen molar-refractivity contribution in [3.05, 3.63) is 199 Å². The molecule has 1 nitrogen and oxygen atoms in total. The Hall–Kier alpha value is -6.70. The molecule has 10 rings (SSSR count). The van der Waals surface area contributed by atoms with E-state index in [1.807, 2.05) is 0 Å². The molecule has 1 aliphatic rings. The van der Waals surface area contributed by atoms with Gasteiger partial charge in [0.25, 0.3) is 0 Å². The second-order valence-corrected chi connectivity index (χ2v) is 14.3. The van der Waals surface area contributed by atoms with E-state index in [9.17, 15) is 0 Å². The van der Waals surface area contributed by atoms with Gasteiger partial charge in [-0.25, -0.2) is 0 Å². The molecule has 0 heterocycles. The van der Waals surface area contributed by atoms with Crippen LogP contribution in [0.1, 0.15) is 11.1 Å². The minimum Gasteiger partial charge on any atom is -0.309 e. The zero-order valence-electron chi connectivity index (χ0n) is 29.8. The summed E-state index contributed by atoms with van der Waals surface area (Å²) < 4.78 is 0. The Balaban J connectivity index is 1.12. The smallest absolute Gasteiger partial charge is 0.0540 e. The van der Waals surface area contributed by atoms with E-state index in [0.717, 1.165) is 11.4 Å². The molecule has 0 spiro atoms. The lowest BCUT2D eigenvalue weighted by atomic mass is 9.77. The molecule has 0 aliphatic heterocycles. The maximum atomic E-state index is 2.48. The summed E-state index contributed by atoms with van der Waals surface area (Å²) in [7, 11) is 0. The number of aryl methyl sites for hydroxylation is 2. The minimum absolute atomic E-state index is 1.14. The van der Waals surface area contributed by atoms with Gasteiger partial charge in [-0.2, -0.15) is 0 Å². The number of rotatable bonds is 6. The number of benzene rings is 9. The van der Waals surface area contributed by atoms with Gasteiger partial charge < -0.3 is 4.90 Å². The molecule has 1 aliphatic carbocycles. The van der Waals surface area contributed by atoms with E-state index in [2.05, 4.69) is 207 Å². The Labute approximate surface area is 311 Å². The predicted molar refractivity (Wildman–Crippen MR) is 226 cm³/mol. The second-order valence-electron chi connectivity index (χ2n) is 14.3. The van der Waals surface area contributed by atoms with Gasteiger partial charge in [0.15, 0.2) is 0 Å². The van der Waals surface area contributed by atoms with Gasteiger partial charge in [-0.1, -0.05) is 133 Å². The van der Waals surface area contributed by atoms with E-state index in [4.69, 9.17) is 0 Å². The van der Waals surface area contributed by atoms with E-state index in [1.54, 1.807) is 0 Å². The lowest BCUT2D eigenvalue weighted by Crippen LogP contribution is -2.14. The molecule has 0 aromatic heterocycles. The van der Waals surface area contributed by atoms with Crippen molar-refractivity contribution in [3.8, 4) is 55.6 Å². The van der Waals surface area contributed by atoms with Crippen LogP contribution in [0.15, 0.2) is 188 Å². The van der Waals surface area contributed by atoms with Gasteiger partial charge in [0.05, 0.1) is 11.4 Å². The van der Waals surface area contributed by atoms with Gasteiger partial charge >= 0.3 is 0 Å². The Bertz CT molecular complexity index is 2810.